The van der Waals surface area contributed by atoms with E-state index in [1.54, 1.807) is 0 Å². The van der Waals surface area contributed by atoms with Crippen LogP contribution in [-0.4, -0.2) is 37.1 Å². The molecule has 2 bridgehead atoms. The summed E-state index contributed by atoms with van der Waals surface area (Å²) in [5.41, 5.74) is 1.39. The molecule has 0 unspecified atom stereocenters. The quantitative estimate of drug-likeness (QED) is 0.800. The van der Waals surface area contributed by atoms with Crippen LogP contribution in [0.3, 0.4) is 0 Å². The van der Waals surface area contributed by atoms with E-state index in [0.29, 0.717) is 30.3 Å². The summed E-state index contributed by atoms with van der Waals surface area (Å²) in [6.07, 6.45) is 4.05. The highest BCUT2D eigenvalue weighted by atomic mass is 16.5. The molecule has 2 heterocycles. The summed E-state index contributed by atoms with van der Waals surface area (Å²) in [7, 11) is 3.74. The molecule has 0 N–H and O–H groups in total. The molecule has 0 aromatic heterocycles. The molecule has 3 nitrogen and oxygen atoms in total. The van der Waals surface area contributed by atoms with Gasteiger partial charge in [-0.05, 0) is 49.6 Å². The molecule has 2 saturated heterocycles. The molecule has 0 spiro atoms. The second-order valence-electron chi connectivity index (χ2n) is 7.14. The molecule has 120 valence electrons. The van der Waals surface area contributed by atoms with Gasteiger partial charge in [-0.1, -0.05) is 37.3 Å². The molecule has 0 saturated carbocycles. The second kappa shape index (κ2) is 6.41. The van der Waals surface area contributed by atoms with Crippen LogP contribution >= 0.6 is 0 Å². The number of piperidine rings is 1. The first-order chi connectivity index (χ1) is 10.6. The smallest absolute Gasteiger partial charge is 0.305 e. The lowest BCUT2D eigenvalue weighted by molar-refractivity contribution is -0.143. The van der Waals surface area contributed by atoms with Crippen LogP contribution in [0.25, 0.3) is 0 Å². The van der Waals surface area contributed by atoms with Gasteiger partial charge in [0.2, 0.25) is 0 Å². The molecular formula is C19H27NO2. The van der Waals surface area contributed by atoms with Crippen LogP contribution < -0.4 is 0 Å². The fourth-order valence-electron chi connectivity index (χ4n) is 4.76. The zero-order valence-electron chi connectivity index (χ0n) is 13.9. The van der Waals surface area contributed by atoms with Crippen LogP contribution in [0.15, 0.2) is 30.3 Å². The largest absolute Gasteiger partial charge is 0.469 e. The minimum absolute atomic E-state index is 0.0607. The third-order valence-electron chi connectivity index (χ3n) is 5.93. The average molecular weight is 301 g/mol. The number of fused-ring (bicyclic) bond motifs is 2. The van der Waals surface area contributed by atoms with Crippen molar-refractivity contribution in [1.29, 1.82) is 0 Å². The van der Waals surface area contributed by atoms with Crippen LogP contribution in [0.1, 0.15) is 31.7 Å². The van der Waals surface area contributed by atoms with Gasteiger partial charge in [-0.3, -0.25) is 9.69 Å². The zero-order valence-corrected chi connectivity index (χ0v) is 13.9. The number of carbonyl (C=O) groups is 1. The fourth-order valence-corrected chi connectivity index (χ4v) is 4.76. The maximum absolute atomic E-state index is 11.9. The predicted octanol–water partition coefficient (Wildman–Crippen LogP) is 3.14. The predicted molar refractivity (Wildman–Crippen MR) is 87.5 cm³/mol. The molecule has 3 rings (SSSR count). The van der Waals surface area contributed by atoms with Crippen molar-refractivity contribution in [1.82, 2.24) is 4.90 Å². The van der Waals surface area contributed by atoms with Crippen molar-refractivity contribution in [3.8, 4) is 0 Å². The van der Waals surface area contributed by atoms with E-state index in [-0.39, 0.29) is 5.97 Å². The number of hydrogen-bond donors (Lipinski definition) is 0. The molecular weight excluding hydrogens is 274 g/mol. The van der Waals surface area contributed by atoms with E-state index in [2.05, 4.69) is 49.2 Å². The highest BCUT2D eigenvalue weighted by Gasteiger charge is 2.49. The Balaban J connectivity index is 1.81. The Morgan fingerprint density at radius 3 is 2.64 bits per heavy atom. The van der Waals surface area contributed by atoms with Gasteiger partial charge in [0, 0.05) is 12.1 Å². The summed E-state index contributed by atoms with van der Waals surface area (Å²) in [4.78, 5) is 14.4. The van der Waals surface area contributed by atoms with Crippen LogP contribution in [0, 0.1) is 17.8 Å². The van der Waals surface area contributed by atoms with Gasteiger partial charge in [-0.2, -0.15) is 0 Å². The molecule has 3 heteroatoms. The molecule has 1 aromatic carbocycles. The Labute approximate surface area is 133 Å². The highest BCUT2D eigenvalue weighted by Crippen LogP contribution is 2.46. The van der Waals surface area contributed by atoms with Crippen molar-refractivity contribution >= 4 is 5.97 Å². The van der Waals surface area contributed by atoms with Crippen molar-refractivity contribution in [2.75, 3.05) is 14.2 Å². The van der Waals surface area contributed by atoms with E-state index in [1.807, 2.05) is 0 Å². The first kappa shape index (κ1) is 15.5. The molecule has 0 aliphatic carbocycles. The maximum Gasteiger partial charge on any atom is 0.305 e. The molecule has 0 radical (unpaired) electrons. The normalized spacial score (nSPS) is 34.6. The van der Waals surface area contributed by atoms with Crippen LogP contribution in [0.5, 0.6) is 0 Å². The Morgan fingerprint density at radius 2 is 1.95 bits per heavy atom. The molecule has 1 aromatic rings. The number of carbonyl (C=O) groups excluding carboxylic acids is 1. The zero-order chi connectivity index (χ0) is 15.7. The number of nitrogens with zero attached hydrogens (tertiary/aromatic N) is 1. The number of ether oxygens (including phenoxy) is 1. The van der Waals surface area contributed by atoms with Gasteiger partial charge in [0.25, 0.3) is 0 Å². The Bertz CT molecular complexity index is 515. The third-order valence-corrected chi connectivity index (χ3v) is 5.93. The van der Waals surface area contributed by atoms with Gasteiger partial charge in [0.05, 0.1) is 13.5 Å². The maximum atomic E-state index is 11.9. The first-order valence-corrected chi connectivity index (χ1v) is 8.42. The van der Waals surface area contributed by atoms with Gasteiger partial charge in [-0.25, -0.2) is 0 Å². The van der Waals surface area contributed by atoms with Crippen molar-refractivity contribution < 1.29 is 9.53 Å². The van der Waals surface area contributed by atoms with Crippen LogP contribution in [0.2, 0.25) is 0 Å². The summed E-state index contributed by atoms with van der Waals surface area (Å²) in [5.74, 6) is 1.67. The summed E-state index contributed by atoms with van der Waals surface area (Å²) in [6.45, 7) is 2.36. The number of benzene rings is 1. The first-order valence-electron chi connectivity index (χ1n) is 8.42. The van der Waals surface area contributed by atoms with Crippen LogP contribution in [-0.2, 0) is 16.0 Å². The Morgan fingerprint density at radius 1 is 1.23 bits per heavy atom. The van der Waals surface area contributed by atoms with Gasteiger partial charge in [0.15, 0.2) is 0 Å². The highest BCUT2D eigenvalue weighted by molar-refractivity contribution is 5.69. The minimum Gasteiger partial charge on any atom is -0.469 e. The van der Waals surface area contributed by atoms with E-state index in [4.69, 9.17) is 4.74 Å². The lowest BCUT2D eigenvalue weighted by atomic mass is 9.75. The summed E-state index contributed by atoms with van der Waals surface area (Å²) < 4.78 is 4.96. The monoisotopic (exact) mass is 301 g/mol. The van der Waals surface area contributed by atoms with E-state index < -0.39 is 0 Å². The third kappa shape index (κ3) is 2.91. The van der Waals surface area contributed by atoms with Crippen LogP contribution in [0.4, 0.5) is 0 Å². The molecule has 5 atom stereocenters. The van der Waals surface area contributed by atoms with Gasteiger partial charge >= 0.3 is 5.97 Å². The van der Waals surface area contributed by atoms with Crippen molar-refractivity contribution in [2.24, 2.45) is 17.8 Å². The lowest BCUT2D eigenvalue weighted by Gasteiger charge is -2.43. The van der Waals surface area contributed by atoms with E-state index in [0.717, 1.165) is 12.3 Å². The van der Waals surface area contributed by atoms with Crippen molar-refractivity contribution in [2.45, 2.75) is 44.7 Å². The van der Waals surface area contributed by atoms with Gasteiger partial charge in [-0.15, -0.1) is 0 Å². The molecule has 22 heavy (non-hydrogen) atoms. The van der Waals surface area contributed by atoms with Gasteiger partial charge in [0.1, 0.15) is 0 Å². The molecule has 2 aliphatic heterocycles. The Kier molecular flexibility index (Phi) is 4.53. The van der Waals surface area contributed by atoms with E-state index >= 15 is 0 Å². The topological polar surface area (TPSA) is 29.5 Å². The lowest BCUT2D eigenvalue weighted by Crippen LogP contribution is -2.48. The molecule has 2 aliphatic rings. The summed E-state index contributed by atoms with van der Waals surface area (Å²) >= 11 is 0. The summed E-state index contributed by atoms with van der Waals surface area (Å²) in [5, 5.41) is 0. The number of methoxy groups -OCH3 is 1. The standard InChI is InChI=1S/C19H27NO2/c1-13-9-18-16(12-19(21)22-3)15(11-17(13)20(18)2)10-14-7-5-4-6-8-14/h4-8,13,15-18H,9-12H2,1-3H3/t13-,15+,16-,17-,18-/m1/s1. The Hall–Kier alpha value is -1.35. The van der Waals surface area contributed by atoms with E-state index in [9.17, 15) is 4.79 Å². The number of hydrogen-bond acceptors (Lipinski definition) is 3. The number of rotatable bonds is 4. The second-order valence-corrected chi connectivity index (χ2v) is 7.14. The van der Waals surface area contributed by atoms with E-state index in [1.165, 1.54) is 25.5 Å². The van der Waals surface area contributed by atoms with Crippen molar-refractivity contribution in [3.63, 3.8) is 0 Å². The fraction of sp³-hybridized carbons (Fsp3) is 0.632. The minimum atomic E-state index is -0.0607. The summed E-state index contributed by atoms with van der Waals surface area (Å²) in [6, 6.07) is 11.9. The molecule has 2 fully saturated rings. The molecule has 0 amide bonds. The van der Waals surface area contributed by atoms with Crippen molar-refractivity contribution in [3.05, 3.63) is 35.9 Å². The average Bonchev–Trinajstić information content (AvgIpc) is 2.72. The number of esters is 1. The SMILES string of the molecule is COC(=O)C[C@@H]1[C@@H](Cc2ccccc2)C[C@@H]2[C@H](C)C[C@H]1N2C. The van der Waals surface area contributed by atoms with Gasteiger partial charge < -0.3 is 4.74 Å².